The number of hydrogen-bond donors (Lipinski definition) is 2. The molecule has 19 heavy (non-hydrogen) atoms. The molecule has 0 aliphatic carbocycles. The summed E-state index contributed by atoms with van der Waals surface area (Å²) < 4.78 is 26.4. The second-order valence-electron chi connectivity index (χ2n) is 4.58. The molecule has 4 heteroatoms. The molecule has 2 aromatic rings. The topological polar surface area (TPSA) is 32.3 Å². The van der Waals surface area contributed by atoms with E-state index in [-0.39, 0.29) is 6.54 Å². The first-order valence-corrected chi connectivity index (χ1v) is 5.95. The highest BCUT2D eigenvalue weighted by Gasteiger charge is 2.09. The highest BCUT2D eigenvalue weighted by atomic mass is 19.1. The SMILES string of the molecule is Cc1ccc(NCc2cc(F)c(O)c(F)c2)c(C)c1. The molecule has 2 aromatic carbocycles. The third-order valence-electron chi connectivity index (χ3n) is 2.94. The second-order valence-corrected chi connectivity index (χ2v) is 4.58. The summed E-state index contributed by atoms with van der Waals surface area (Å²) in [7, 11) is 0. The molecule has 100 valence electrons. The van der Waals surface area contributed by atoms with Crippen LogP contribution >= 0.6 is 0 Å². The van der Waals surface area contributed by atoms with E-state index in [0.29, 0.717) is 5.56 Å². The van der Waals surface area contributed by atoms with Gasteiger partial charge in [-0.25, -0.2) is 8.78 Å². The fraction of sp³-hybridized carbons (Fsp3) is 0.200. The van der Waals surface area contributed by atoms with Gasteiger partial charge in [-0.15, -0.1) is 0 Å². The van der Waals surface area contributed by atoms with Crippen LogP contribution in [-0.2, 0) is 6.54 Å². The number of aromatic hydroxyl groups is 1. The van der Waals surface area contributed by atoms with Crippen LogP contribution < -0.4 is 5.32 Å². The Morgan fingerprint density at radius 1 is 1.05 bits per heavy atom. The Labute approximate surface area is 110 Å². The minimum atomic E-state index is -0.947. The lowest BCUT2D eigenvalue weighted by Gasteiger charge is -2.11. The highest BCUT2D eigenvalue weighted by Crippen LogP contribution is 2.22. The van der Waals surface area contributed by atoms with Crippen molar-refractivity contribution in [3.05, 3.63) is 58.7 Å². The molecule has 0 atom stereocenters. The number of phenolic OH excluding ortho intramolecular Hbond substituents is 1. The Hall–Kier alpha value is -2.10. The molecule has 0 saturated carbocycles. The van der Waals surface area contributed by atoms with Crippen LogP contribution in [0.15, 0.2) is 30.3 Å². The molecular weight excluding hydrogens is 248 g/mol. The Morgan fingerprint density at radius 3 is 2.26 bits per heavy atom. The van der Waals surface area contributed by atoms with Gasteiger partial charge in [-0.2, -0.15) is 0 Å². The molecule has 2 nitrogen and oxygen atoms in total. The summed E-state index contributed by atoms with van der Waals surface area (Å²) >= 11 is 0. The summed E-state index contributed by atoms with van der Waals surface area (Å²) in [5.74, 6) is -2.83. The number of anilines is 1. The summed E-state index contributed by atoms with van der Waals surface area (Å²) in [4.78, 5) is 0. The van der Waals surface area contributed by atoms with Gasteiger partial charge >= 0.3 is 0 Å². The number of rotatable bonds is 3. The molecular formula is C15H15F2NO. The van der Waals surface area contributed by atoms with E-state index in [4.69, 9.17) is 5.11 Å². The second kappa shape index (κ2) is 5.26. The largest absolute Gasteiger partial charge is 0.503 e. The number of aryl methyl sites for hydroxylation is 2. The molecule has 0 aliphatic rings. The molecule has 2 N–H and O–H groups in total. The van der Waals surface area contributed by atoms with Crippen LogP contribution in [0.3, 0.4) is 0 Å². The van der Waals surface area contributed by atoms with Crippen molar-refractivity contribution in [2.75, 3.05) is 5.32 Å². The van der Waals surface area contributed by atoms with Crippen LogP contribution in [0.25, 0.3) is 0 Å². The van der Waals surface area contributed by atoms with Crippen molar-refractivity contribution in [2.45, 2.75) is 20.4 Å². The van der Waals surface area contributed by atoms with Gasteiger partial charge in [0.2, 0.25) is 0 Å². The zero-order valence-corrected chi connectivity index (χ0v) is 10.8. The monoisotopic (exact) mass is 263 g/mol. The Bertz CT molecular complexity index is 588. The molecule has 0 spiro atoms. The van der Waals surface area contributed by atoms with Gasteiger partial charge in [-0.3, -0.25) is 0 Å². The zero-order chi connectivity index (χ0) is 14.0. The van der Waals surface area contributed by atoms with E-state index < -0.39 is 17.4 Å². The first-order chi connectivity index (χ1) is 8.97. The van der Waals surface area contributed by atoms with E-state index in [0.717, 1.165) is 28.9 Å². The first-order valence-electron chi connectivity index (χ1n) is 5.95. The van der Waals surface area contributed by atoms with Gasteiger partial charge in [-0.1, -0.05) is 17.7 Å². The predicted molar refractivity (Wildman–Crippen MR) is 71.3 cm³/mol. The van der Waals surface area contributed by atoms with Crippen LogP contribution in [-0.4, -0.2) is 5.11 Å². The van der Waals surface area contributed by atoms with E-state index in [2.05, 4.69) is 5.32 Å². The van der Waals surface area contributed by atoms with E-state index >= 15 is 0 Å². The third-order valence-corrected chi connectivity index (χ3v) is 2.94. The standard InChI is InChI=1S/C15H15F2NO/c1-9-3-4-14(10(2)5-9)18-8-11-6-12(16)15(19)13(17)7-11/h3-7,18-19H,8H2,1-2H3. The van der Waals surface area contributed by atoms with E-state index in [1.807, 2.05) is 32.0 Å². The Kier molecular flexibility index (Phi) is 3.69. The maximum atomic E-state index is 13.2. The molecule has 0 saturated heterocycles. The van der Waals surface area contributed by atoms with Gasteiger partial charge in [0.15, 0.2) is 17.4 Å². The minimum Gasteiger partial charge on any atom is -0.503 e. The van der Waals surface area contributed by atoms with Crippen molar-refractivity contribution in [2.24, 2.45) is 0 Å². The summed E-state index contributed by atoms with van der Waals surface area (Å²) in [6.45, 7) is 4.26. The van der Waals surface area contributed by atoms with Gasteiger partial charge < -0.3 is 10.4 Å². The quantitative estimate of drug-likeness (QED) is 0.880. The fourth-order valence-electron chi connectivity index (χ4n) is 1.93. The van der Waals surface area contributed by atoms with Crippen molar-refractivity contribution in [3.8, 4) is 5.75 Å². The predicted octanol–water partition coefficient (Wildman–Crippen LogP) is 3.90. The molecule has 0 fully saturated rings. The summed E-state index contributed by atoms with van der Waals surface area (Å²) in [5.41, 5.74) is 3.58. The van der Waals surface area contributed by atoms with Crippen molar-refractivity contribution in [3.63, 3.8) is 0 Å². The Balaban J connectivity index is 2.14. The molecule has 2 rings (SSSR count). The van der Waals surface area contributed by atoms with E-state index in [1.54, 1.807) is 0 Å². The zero-order valence-electron chi connectivity index (χ0n) is 10.8. The maximum absolute atomic E-state index is 13.2. The summed E-state index contributed by atoms with van der Waals surface area (Å²) in [6.07, 6.45) is 0. The smallest absolute Gasteiger partial charge is 0.187 e. The van der Waals surface area contributed by atoms with Gasteiger partial charge in [0.25, 0.3) is 0 Å². The van der Waals surface area contributed by atoms with E-state index in [9.17, 15) is 8.78 Å². The van der Waals surface area contributed by atoms with Gasteiger partial charge in [0, 0.05) is 12.2 Å². The van der Waals surface area contributed by atoms with Gasteiger partial charge in [0.05, 0.1) is 0 Å². The number of phenols is 1. The molecule has 0 amide bonds. The van der Waals surface area contributed by atoms with Crippen molar-refractivity contribution in [1.29, 1.82) is 0 Å². The maximum Gasteiger partial charge on any atom is 0.187 e. The third kappa shape index (κ3) is 3.02. The number of hydrogen-bond acceptors (Lipinski definition) is 2. The molecule has 0 radical (unpaired) electrons. The van der Waals surface area contributed by atoms with E-state index in [1.165, 1.54) is 0 Å². The van der Waals surface area contributed by atoms with Gasteiger partial charge in [-0.05, 0) is 43.2 Å². The molecule has 0 unspecified atom stereocenters. The number of benzene rings is 2. The van der Waals surface area contributed by atoms with Crippen LogP contribution in [0, 0.1) is 25.5 Å². The minimum absolute atomic E-state index is 0.290. The van der Waals surface area contributed by atoms with Crippen LogP contribution in [0.5, 0.6) is 5.75 Å². The van der Waals surface area contributed by atoms with Crippen LogP contribution in [0.4, 0.5) is 14.5 Å². The number of nitrogens with one attached hydrogen (secondary N) is 1. The van der Waals surface area contributed by atoms with Crippen molar-refractivity contribution in [1.82, 2.24) is 0 Å². The van der Waals surface area contributed by atoms with Crippen LogP contribution in [0.2, 0.25) is 0 Å². The van der Waals surface area contributed by atoms with Crippen LogP contribution in [0.1, 0.15) is 16.7 Å². The lowest BCUT2D eigenvalue weighted by atomic mass is 10.1. The molecule has 0 aliphatic heterocycles. The lowest BCUT2D eigenvalue weighted by Crippen LogP contribution is -2.02. The fourth-order valence-corrected chi connectivity index (χ4v) is 1.93. The molecule has 0 heterocycles. The average molecular weight is 263 g/mol. The Morgan fingerprint density at radius 2 is 1.68 bits per heavy atom. The summed E-state index contributed by atoms with van der Waals surface area (Å²) in [5, 5.41) is 12.1. The summed E-state index contributed by atoms with van der Waals surface area (Å²) in [6, 6.07) is 8.16. The van der Waals surface area contributed by atoms with Crippen molar-refractivity contribution >= 4 is 5.69 Å². The average Bonchev–Trinajstić information content (AvgIpc) is 2.34. The highest BCUT2D eigenvalue weighted by molar-refractivity contribution is 5.52. The first kappa shape index (κ1) is 13.3. The molecule has 0 bridgehead atoms. The van der Waals surface area contributed by atoms with Crippen molar-refractivity contribution < 1.29 is 13.9 Å². The lowest BCUT2D eigenvalue weighted by molar-refractivity contribution is 0.395. The van der Waals surface area contributed by atoms with Gasteiger partial charge in [0.1, 0.15) is 0 Å². The number of halogens is 2. The normalized spacial score (nSPS) is 10.5. The molecule has 0 aromatic heterocycles.